The van der Waals surface area contributed by atoms with E-state index in [0.717, 1.165) is 6.07 Å². The molecule has 0 aliphatic carbocycles. The van der Waals surface area contributed by atoms with E-state index in [0.29, 0.717) is 6.61 Å². The van der Waals surface area contributed by atoms with Gasteiger partial charge in [-0.3, -0.25) is 0 Å². The lowest BCUT2D eigenvalue weighted by atomic mass is 10.3. The van der Waals surface area contributed by atoms with E-state index in [9.17, 15) is 12.8 Å². The zero-order valence-electron chi connectivity index (χ0n) is 9.97. The maximum absolute atomic E-state index is 13.7. The number of ether oxygens (including phenoxy) is 1. The zero-order valence-corrected chi connectivity index (χ0v) is 10.8. The summed E-state index contributed by atoms with van der Waals surface area (Å²) in [6.07, 6.45) is -0.207. The summed E-state index contributed by atoms with van der Waals surface area (Å²) in [5, 5.41) is 0. The molecule has 1 aliphatic heterocycles. The van der Waals surface area contributed by atoms with Crippen molar-refractivity contribution in [3.63, 3.8) is 0 Å². The molecule has 1 heterocycles. The highest BCUT2D eigenvalue weighted by atomic mass is 32.2. The molecule has 2 N–H and O–H groups in total. The first-order valence-electron chi connectivity index (χ1n) is 5.58. The molecule has 1 aromatic rings. The van der Waals surface area contributed by atoms with Crippen LogP contribution in [-0.2, 0) is 14.8 Å². The van der Waals surface area contributed by atoms with Crippen molar-refractivity contribution in [2.24, 2.45) is 0 Å². The Bertz CT molecular complexity index is 527. The predicted octanol–water partition coefficient (Wildman–Crippen LogP) is 0.817. The van der Waals surface area contributed by atoms with E-state index in [1.54, 1.807) is 6.92 Å². The SMILES string of the molecule is CC1CN(S(=O)(=O)c2c(N)cccc2F)CCO1. The maximum Gasteiger partial charge on any atom is 0.248 e. The van der Waals surface area contributed by atoms with Gasteiger partial charge in [-0.1, -0.05) is 6.07 Å². The van der Waals surface area contributed by atoms with E-state index in [2.05, 4.69) is 0 Å². The third-order valence-corrected chi connectivity index (χ3v) is 4.76. The summed E-state index contributed by atoms with van der Waals surface area (Å²) < 4.78 is 44.8. The maximum atomic E-state index is 13.7. The molecule has 2 rings (SSSR count). The normalized spacial score (nSPS) is 22.0. The van der Waals surface area contributed by atoms with Gasteiger partial charge in [0.15, 0.2) is 0 Å². The van der Waals surface area contributed by atoms with E-state index in [4.69, 9.17) is 10.5 Å². The zero-order chi connectivity index (χ0) is 13.3. The Labute approximate surface area is 105 Å². The second-order valence-corrected chi connectivity index (χ2v) is 6.08. The van der Waals surface area contributed by atoms with Gasteiger partial charge in [-0.25, -0.2) is 12.8 Å². The lowest BCUT2D eigenvalue weighted by Gasteiger charge is -2.30. The third kappa shape index (κ3) is 2.33. The molecular formula is C11H15FN2O3S. The number of nitrogens with two attached hydrogens (primary N) is 1. The van der Waals surface area contributed by atoms with Crippen LogP contribution in [0.2, 0.25) is 0 Å². The van der Waals surface area contributed by atoms with Gasteiger partial charge in [0, 0.05) is 13.1 Å². The monoisotopic (exact) mass is 274 g/mol. The van der Waals surface area contributed by atoms with Crippen LogP contribution in [0.15, 0.2) is 23.1 Å². The van der Waals surface area contributed by atoms with Crippen LogP contribution in [-0.4, -0.2) is 38.5 Å². The summed E-state index contributed by atoms with van der Waals surface area (Å²) in [4.78, 5) is -0.445. The molecular weight excluding hydrogens is 259 g/mol. The van der Waals surface area contributed by atoms with Gasteiger partial charge in [-0.2, -0.15) is 4.31 Å². The fourth-order valence-electron chi connectivity index (χ4n) is 1.93. The molecule has 1 aromatic carbocycles. The average molecular weight is 274 g/mol. The third-order valence-electron chi connectivity index (χ3n) is 2.80. The van der Waals surface area contributed by atoms with Gasteiger partial charge >= 0.3 is 0 Å². The highest BCUT2D eigenvalue weighted by Gasteiger charge is 2.32. The van der Waals surface area contributed by atoms with Crippen molar-refractivity contribution in [3.8, 4) is 0 Å². The van der Waals surface area contributed by atoms with Crippen LogP contribution in [0, 0.1) is 5.82 Å². The standard InChI is InChI=1S/C11H15FN2O3S/c1-8-7-14(5-6-17-8)18(15,16)11-9(12)3-2-4-10(11)13/h2-4,8H,5-7,13H2,1H3. The number of hydrogen-bond acceptors (Lipinski definition) is 4. The summed E-state index contributed by atoms with van der Waals surface area (Å²) in [6.45, 7) is 2.48. The first kappa shape index (κ1) is 13.3. The van der Waals surface area contributed by atoms with E-state index < -0.39 is 20.7 Å². The molecule has 1 saturated heterocycles. The van der Waals surface area contributed by atoms with Crippen molar-refractivity contribution in [2.45, 2.75) is 17.9 Å². The minimum absolute atomic E-state index is 0.0749. The van der Waals surface area contributed by atoms with E-state index in [1.807, 2.05) is 0 Å². The van der Waals surface area contributed by atoms with Crippen LogP contribution >= 0.6 is 0 Å². The first-order chi connectivity index (χ1) is 8.43. The lowest BCUT2D eigenvalue weighted by molar-refractivity contribution is 0.0101. The number of anilines is 1. The molecule has 18 heavy (non-hydrogen) atoms. The van der Waals surface area contributed by atoms with Crippen LogP contribution < -0.4 is 5.73 Å². The molecule has 5 nitrogen and oxygen atoms in total. The first-order valence-corrected chi connectivity index (χ1v) is 7.02. The molecule has 1 unspecified atom stereocenters. The van der Waals surface area contributed by atoms with E-state index in [-0.39, 0.29) is 24.9 Å². The predicted molar refractivity (Wildman–Crippen MR) is 65.0 cm³/mol. The summed E-state index contributed by atoms with van der Waals surface area (Å²) in [7, 11) is -3.90. The minimum Gasteiger partial charge on any atom is -0.398 e. The van der Waals surface area contributed by atoms with Gasteiger partial charge in [0.05, 0.1) is 18.4 Å². The number of morpholine rings is 1. The summed E-state index contributed by atoms with van der Waals surface area (Å²) in [5.41, 5.74) is 5.50. The van der Waals surface area contributed by atoms with Crippen LogP contribution in [0.5, 0.6) is 0 Å². The quantitative estimate of drug-likeness (QED) is 0.810. The van der Waals surface area contributed by atoms with Gasteiger partial charge in [-0.05, 0) is 19.1 Å². The Balaban J connectivity index is 2.42. The van der Waals surface area contributed by atoms with Gasteiger partial charge in [0.2, 0.25) is 10.0 Å². The highest BCUT2D eigenvalue weighted by Crippen LogP contribution is 2.26. The van der Waals surface area contributed by atoms with Crippen LogP contribution in [0.3, 0.4) is 0 Å². The molecule has 1 fully saturated rings. The Morgan fingerprint density at radius 3 is 2.83 bits per heavy atom. The van der Waals surface area contributed by atoms with Crippen LogP contribution in [0.4, 0.5) is 10.1 Å². The molecule has 0 spiro atoms. The van der Waals surface area contributed by atoms with Gasteiger partial charge in [-0.15, -0.1) is 0 Å². The van der Waals surface area contributed by atoms with Crippen molar-refractivity contribution < 1.29 is 17.5 Å². The topological polar surface area (TPSA) is 72.6 Å². The fourth-order valence-corrected chi connectivity index (χ4v) is 3.59. The van der Waals surface area contributed by atoms with Crippen LogP contribution in [0.1, 0.15) is 6.92 Å². The number of rotatable bonds is 2. The fraction of sp³-hybridized carbons (Fsp3) is 0.455. The Hall–Kier alpha value is -1.18. The van der Waals surface area contributed by atoms with E-state index in [1.165, 1.54) is 16.4 Å². The summed E-state index contributed by atoms with van der Waals surface area (Å²) in [5.74, 6) is -0.825. The van der Waals surface area contributed by atoms with Crippen molar-refractivity contribution in [3.05, 3.63) is 24.0 Å². The molecule has 1 atom stereocenters. The smallest absolute Gasteiger partial charge is 0.248 e. The minimum atomic E-state index is -3.90. The van der Waals surface area contributed by atoms with Crippen molar-refractivity contribution >= 4 is 15.7 Å². The number of nitrogens with zero attached hydrogens (tertiary/aromatic N) is 1. The highest BCUT2D eigenvalue weighted by molar-refractivity contribution is 7.89. The molecule has 7 heteroatoms. The number of benzene rings is 1. The average Bonchev–Trinajstić information content (AvgIpc) is 2.28. The second kappa shape index (κ2) is 4.83. The Morgan fingerprint density at radius 2 is 2.22 bits per heavy atom. The molecule has 100 valence electrons. The van der Waals surface area contributed by atoms with Crippen molar-refractivity contribution in [1.29, 1.82) is 0 Å². The van der Waals surface area contributed by atoms with E-state index >= 15 is 0 Å². The second-order valence-electron chi connectivity index (χ2n) is 4.20. The molecule has 0 radical (unpaired) electrons. The van der Waals surface area contributed by atoms with Crippen molar-refractivity contribution in [2.75, 3.05) is 25.4 Å². The molecule has 1 aliphatic rings. The number of nitrogen functional groups attached to an aromatic ring is 1. The Morgan fingerprint density at radius 1 is 1.50 bits per heavy atom. The molecule has 0 aromatic heterocycles. The lowest BCUT2D eigenvalue weighted by Crippen LogP contribution is -2.44. The number of sulfonamides is 1. The summed E-state index contributed by atoms with van der Waals surface area (Å²) >= 11 is 0. The van der Waals surface area contributed by atoms with Crippen molar-refractivity contribution in [1.82, 2.24) is 4.31 Å². The number of hydrogen-bond donors (Lipinski definition) is 1. The van der Waals surface area contributed by atoms with Gasteiger partial charge in [0.25, 0.3) is 0 Å². The molecule has 0 amide bonds. The largest absolute Gasteiger partial charge is 0.398 e. The van der Waals surface area contributed by atoms with Gasteiger partial charge in [0.1, 0.15) is 10.7 Å². The summed E-state index contributed by atoms with van der Waals surface area (Å²) in [6, 6.07) is 3.85. The molecule has 0 bridgehead atoms. The van der Waals surface area contributed by atoms with Gasteiger partial charge < -0.3 is 10.5 Å². The van der Waals surface area contributed by atoms with Crippen LogP contribution in [0.25, 0.3) is 0 Å². The molecule has 0 saturated carbocycles. The Kier molecular flexibility index (Phi) is 3.56. The number of halogens is 1.